The summed E-state index contributed by atoms with van der Waals surface area (Å²) in [5.41, 5.74) is 5.23. The highest BCUT2D eigenvalue weighted by molar-refractivity contribution is 5.79. The number of hydrogen-bond donors (Lipinski definition) is 2. The molecular weight excluding hydrogens is 196 g/mol. The third kappa shape index (κ3) is 3.20. The number of carboxylic acids is 1. The summed E-state index contributed by atoms with van der Waals surface area (Å²) in [5.74, 6) is -1.20. The second-order valence-corrected chi connectivity index (χ2v) is 4.06. The van der Waals surface area contributed by atoms with Crippen molar-refractivity contribution in [3.8, 4) is 0 Å². The monoisotopic (exact) mass is 214 g/mol. The minimum atomic E-state index is -0.816. The van der Waals surface area contributed by atoms with Gasteiger partial charge in [-0.1, -0.05) is 6.42 Å². The molecule has 1 saturated heterocycles. The fraction of sp³-hybridized carbons (Fsp3) is 0.800. The van der Waals surface area contributed by atoms with Crippen LogP contribution in [0.5, 0.6) is 0 Å². The molecule has 1 amide bonds. The number of likely N-dealkylation sites (tertiary alicyclic amines) is 1. The lowest BCUT2D eigenvalue weighted by atomic mass is 9.97. The van der Waals surface area contributed by atoms with Crippen molar-refractivity contribution in [1.82, 2.24) is 4.90 Å². The maximum absolute atomic E-state index is 11.1. The summed E-state index contributed by atoms with van der Waals surface area (Å²) in [6, 6.07) is -0.409. The summed E-state index contributed by atoms with van der Waals surface area (Å²) < 4.78 is 0. The summed E-state index contributed by atoms with van der Waals surface area (Å²) in [6.45, 7) is 2.50. The molecular formula is C10H18N2O3. The van der Waals surface area contributed by atoms with Gasteiger partial charge in [-0.05, 0) is 26.3 Å². The van der Waals surface area contributed by atoms with Crippen LogP contribution in [0.15, 0.2) is 0 Å². The van der Waals surface area contributed by atoms with Gasteiger partial charge in [0.25, 0.3) is 0 Å². The van der Waals surface area contributed by atoms with Crippen molar-refractivity contribution in [3.63, 3.8) is 0 Å². The van der Waals surface area contributed by atoms with E-state index in [1.54, 1.807) is 6.92 Å². The van der Waals surface area contributed by atoms with Crippen LogP contribution >= 0.6 is 0 Å². The van der Waals surface area contributed by atoms with Crippen LogP contribution in [0.25, 0.3) is 0 Å². The first-order valence-electron chi connectivity index (χ1n) is 5.29. The highest BCUT2D eigenvalue weighted by Crippen LogP contribution is 2.21. The van der Waals surface area contributed by atoms with Crippen molar-refractivity contribution in [3.05, 3.63) is 0 Å². The Kier molecular flexibility index (Phi) is 4.08. The van der Waals surface area contributed by atoms with E-state index in [0.29, 0.717) is 0 Å². The summed E-state index contributed by atoms with van der Waals surface area (Å²) in [6.07, 6.45) is 2.97. The van der Waals surface area contributed by atoms with Crippen LogP contribution in [0, 0.1) is 0 Å². The van der Waals surface area contributed by atoms with E-state index in [-0.39, 0.29) is 24.4 Å². The van der Waals surface area contributed by atoms with Gasteiger partial charge in [0, 0.05) is 6.04 Å². The maximum atomic E-state index is 11.1. The Morgan fingerprint density at radius 2 is 2.20 bits per heavy atom. The molecule has 1 aliphatic heterocycles. The Bertz CT molecular complexity index is 255. The second kappa shape index (κ2) is 5.11. The molecule has 1 fully saturated rings. The molecule has 3 N–H and O–H groups in total. The third-order valence-corrected chi connectivity index (χ3v) is 2.99. The Morgan fingerprint density at radius 1 is 1.53 bits per heavy atom. The average molecular weight is 214 g/mol. The molecule has 5 heteroatoms. The molecule has 0 aromatic heterocycles. The van der Waals surface area contributed by atoms with Crippen LogP contribution in [0.3, 0.4) is 0 Å². The van der Waals surface area contributed by atoms with Gasteiger partial charge in [0.1, 0.15) is 0 Å². The number of nitrogens with zero attached hydrogens (tertiary/aromatic N) is 1. The van der Waals surface area contributed by atoms with Gasteiger partial charge in [-0.15, -0.1) is 0 Å². The van der Waals surface area contributed by atoms with Crippen LogP contribution in [0.4, 0.5) is 0 Å². The zero-order valence-corrected chi connectivity index (χ0v) is 8.98. The van der Waals surface area contributed by atoms with Crippen LogP contribution in [-0.4, -0.2) is 40.5 Å². The van der Waals surface area contributed by atoms with Gasteiger partial charge in [0.2, 0.25) is 5.91 Å². The molecule has 0 saturated carbocycles. The number of primary amides is 1. The van der Waals surface area contributed by atoms with Crippen molar-refractivity contribution in [2.45, 2.75) is 44.7 Å². The van der Waals surface area contributed by atoms with E-state index in [4.69, 9.17) is 10.8 Å². The number of hydrogen-bond acceptors (Lipinski definition) is 3. The zero-order valence-electron chi connectivity index (χ0n) is 8.98. The van der Waals surface area contributed by atoms with E-state index in [1.165, 1.54) is 0 Å². The number of carbonyl (C=O) groups is 2. The number of rotatable bonds is 4. The summed E-state index contributed by atoms with van der Waals surface area (Å²) in [7, 11) is 0. The molecule has 0 aliphatic carbocycles. The lowest BCUT2D eigenvalue weighted by Crippen LogP contribution is -2.51. The lowest BCUT2D eigenvalue weighted by Gasteiger charge is -2.37. The quantitative estimate of drug-likeness (QED) is 0.699. The van der Waals surface area contributed by atoms with Crippen LogP contribution in [-0.2, 0) is 9.59 Å². The number of amides is 1. The number of carbonyl (C=O) groups excluding carboxylic acids is 1. The van der Waals surface area contributed by atoms with E-state index in [2.05, 4.69) is 0 Å². The Labute approximate surface area is 89.2 Å². The van der Waals surface area contributed by atoms with Crippen molar-refractivity contribution >= 4 is 11.9 Å². The number of aliphatic carboxylic acids is 1. The minimum absolute atomic E-state index is 0.0428. The largest absolute Gasteiger partial charge is 0.481 e. The number of piperidine rings is 1. The van der Waals surface area contributed by atoms with Crippen molar-refractivity contribution in [2.24, 2.45) is 5.73 Å². The van der Waals surface area contributed by atoms with Gasteiger partial charge < -0.3 is 10.8 Å². The molecule has 0 bridgehead atoms. The SMILES string of the molecule is CC(C(N)=O)N1CCCCC1CC(=O)O. The molecule has 1 rings (SSSR count). The maximum Gasteiger partial charge on any atom is 0.304 e. The van der Waals surface area contributed by atoms with Gasteiger partial charge in [0.15, 0.2) is 0 Å². The molecule has 2 atom stereocenters. The molecule has 1 heterocycles. The predicted octanol–water partition coefficient (Wildman–Crippen LogP) is 0.189. The predicted molar refractivity (Wildman–Crippen MR) is 55.3 cm³/mol. The Morgan fingerprint density at radius 3 is 2.73 bits per heavy atom. The van der Waals surface area contributed by atoms with Gasteiger partial charge in [-0.3, -0.25) is 14.5 Å². The normalized spacial score (nSPS) is 24.7. The smallest absolute Gasteiger partial charge is 0.304 e. The third-order valence-electron chi connectivity index (χ3n) is 2.99. The van der Waals surface area contributed by atoms with Crippen molar-refractivity contribution in [1.29, 1.82) is 0 Å². The summed E-state index contributed by atoms with van der Waals surface area (Å²) >= 11 is 0. The van der Waals surface area contributed by atoms with Gasteiger partial charge in [-0.2, -0.15) is 0 Å². The summed E-state index contributed by atoms with van der Waals surface area (Å²) in [4.78, 5) is 23.6. The number of nitrogens with two attached hydrogens (primary N) is 1. The van der Waals surface area contributed by atoms with Crippen LogP contribution < -0.4 is 5.73 Å². The van der Waals surface area contributed by atoms with Crippen LogP contribution in [0.1, 0.15) is 32.6 Å². The minimum Gasteiger partial charge on any atom is -0.481 e. The first-order chi connectivity index (χ1) is 7.02. The fourth-order valence-corrected chi connectivity index (χ4v) is 2.12. The van der Waals surface area contributed by atoms with Crippen LogP contribution in [0.2, 0.25) is 0 Å². The molecule has 5 nitrogen and oxygen atoms in total. The molecule has 0 radical (unpaired) electrons. The van der Waals surface area contributed by atoms with E-state index in [1.807, 2.05) is 4.90 Å². The van der Waals surface area contributed by atoms with E-state index in [0.717, 1.165) is 25.8 Å². The van der Waals surface area contributed by atoms with Gasteiger partial charge in [0.05, 0.1) is 12.5 Å². The standard InChI is InChI=1S/C10H18N2O3/c1-7(10(11)15)12-5-3-2-4-8(12)6-9(13)14/h7-8H,2-6H2,1H3,(H2,11,15)(H,13,14). The molecule has 0 aromatic carbocycles. The molecule has 86 valence electrons. The molecule has 0 spiro atoms. The molecule has 2 unspecified atom stereocenters. The first kappa shape index (κ1) is 12.0. The average Bonchev–Trinajstić information content (AvgIpc) is 2.16. The first-order valence-corrected chi connectivity index (χ1v) is 5.29. The fourth-order valence-electron chi connectivity index (χ4n) is 2.12. The van der Waals surface area contributed by atoms with Crippen molar-refractivity contribution < 1.29 is 14.7 Å². The zero-order chi connectivity index (χ0) is 11.4. The van der Waals surface area contributed by atoms with E-state index >= 15 is 0 Å². The van der Waals surface area contributed by atoms with Crippen molar-refractivity contribution in [2.75, 3.05) is 6.54 Å². The molecule has 15 heavy (non-hydrogen) atoms. The Balaban J connectivity index is 2.64. The topological polar surface area (TPSA) is 83.6 Å². The highest BCUT2D eigenvalue weighted by Gasteiger charge is 2.30. The molecule has 0 aromatic rings. The Hall–Kier alpha value is -1.10. The van der Waals surface area contributed by atoms with E-state index in [9.17, 15) is 9.59 Å². The highest BCUT2D eigenvalue weighted by atomic mass is 16.4. The lowest BCUT2D eigenvalue weighted by molar-refractivity contribution is -0.140. The van der Waals surface area contributed by atoms with E-state index < -0.39 is 5.97 Å². The van der Waals surface area contributed by atoms with Gasteiger partial charge in [-0.25, -0.2) is 0 Å². The van der Waals surface area contributed by atoms with Gasteiger partial charge >= 0.3 is 5.97 Å². The second-order valence-electron chi connectivity index (χ2n) is 4.06. The summed E-state index contributed by atoms with van der Waals surface area (Å²) in [5, 5.41) is 8.76. The molecule has 1 aliphatic rings. The number of carboxylic acid groups (broad SMARTS) is 1.